The van der Waals surface area contributed by atoms with Gasteiger partial charge in [-0.3, -0.25) is 4.79 Å². The molecule has 2 saturated heterocycles. The summed E-state index contributed by atoms with van der Waals surface area (Å²) in [4.78, 5) is 14.2. The minimum absolute atomic E-state index is 0.155. The Morgan fingerprint density at radius 1 is 1.09 bits per heavy atom. The van der Waals surface area contributed by atoms with Gasteiger partial charge in [-0.05, 0) is 32.9 Å². The van der Waals surface area contributed by atoms with Crippen molar-refractivity contribution in [2.24, 2.45) is 0 Å². The summed E-state index contributed by atoms with van der Waals surface area (Å²) in [5.41, 5.74) is 0.438. The second-order valence-electron chi connectivity index (χ2n) is 7.86. The Kier molecular flexibility index (Phi) is 7.95. The van der Waals surface area contributed by atoms with Gasteiger partial charge in [0, 0.05) is 45.3 Å². The Hall–Kier alpha value is -2.39. The zero-order chi connectivity index (χ0) is 23.3. The van der Waals surface area contributed by atoms with Crippen molar-refractivity contribution in [3.8, 4) is 17.6 Å². The summed E-state index contributed by atoms with van der Waals surface area (Å²) >= 11 is 0. The molecule has 2 aliphatic rings. The van der Waals surface area contributed by atoms with Crippen LogP contribution >= 0.6 is 0 Å². The van der Waals surface area contributed by atoms with Gasteiger partial charge < -0.3 is 19.1 Å². The first-order valence-electron chi connectivity index (χ1n) is 10.7. The van der Waals surface area contributed by atoms with Gasteiger partial charge >= 0.3 is 0 Å². The molecule has 2 fully saturated rings. The van der Waals surface area contributed by atoms with Crippen LogP contribution in [0.2, 0.25) is 0 Å². The number of piperazine rings is 1. The molecule has 0 bridgehead atoms. The molecule has 0 unspecified atom stereocenters. The smallest absolute Gasteiger partial charge is 0.282 e. The number of nitriles is 1. The van der Waals surface area contributed by atoms with Crippen LogP contribution in [-0.2, 0) is 19.7 Å². The number of ether oxygens (including phenoxy) is 3. The third-order valence-electron chi connectivity index (χ3n) is 5.35. The molecule has 2 atom stereocenters. The number of hydrogen-bond donors (Lipinski definition) is 0. The van der Waals surface area contributed by atoms with E-state index in [0.29, 0.717) is 49.8 Å². The minimum atomic E-state index is -3.60. The van der Waals surface area contributed by atoms with Crippen LogP contribution in [0.15, 0.2) is 18.2 Å². The van der Waals surface area contributed by atoms with E-state index < -0.39 is 10.2 Å². The van der Waals surface area contributed by atoms with Gasteiger partial charge in [-0.15, -0.1) is 0 Å². The van der Waals surface area contributed by atoms with E-state index in [1.807, 2.05) is 26.8 Å². The molecule has 1 aromatic carbocycles. The largest absolute Gasteiger partial charge is 0.490 e. The Morgan fingerprint density at radius 3 is 2.34 bits per heavy atom. The third kappa shape index (κ3) is 5.69. The van der Waals surface area contributed by atoms with E-state index in [1.165, 1.54) is 8.61 Å². The number of benzene rings is 1. The fourth-order valence-electron chi connectivity index (χ4n) is 3.85. The first kappa shape index (κ1) is 24.3. The molecule has 2 heterocycles. The highest BCUT2D eigenvalue weighted by Gasteiger charge is 2.37. The second kappa shape index (κ2) is 10.5. The van der Waals surface area contributed by atoms with Gasteiger partial charge in [-0.25, -0.2) is 0 Å². The van der Waals surface area contributed by atoms with E-state index in [1.54, 1.807) is 23.1 Å². The van der Waals surface area contributed by atoms with Gasteiger partial charge in [0.05, 0.1) is 30.4 Å². The van der Waals surface area contributed by atoms with Crippen LogP contribution in [0, 0.1) is 11.3 Å². The topological polar surface area (TPSA) is 112 Å². The summed E-state index contributed by atoms with van der Waals surface area (Å²) in [5, 5.41) is 9.03. The van der Waals surface area contributed by atoms with Crippen LogP contribution in [0.4, 0.5) is 0 Å². The van der Waals surface area contributed by atoms with Crippen molar-refractivity contribution in [3.63, 3.8) is 0 Å². The average Bonchev–Trinajstić information content (AvgIpc) is 2.77. The van der Waals surface area contributed by atoms with Crippen LogP contribution in [0.3, 0.4) is 0 Å². The summed E-state index contributed by atoms with van der Waals surface area (Å²) in [7, 11) is -3.60. The Morgan fingerprint density at radius 2 is 1.75 bits per heavy atom. The molecule has 32 heavy (non-hydrogen) atoms. The maximum absolute atomic E-state index is 13.0. The van der Waals surface area contributed by atoms with Crippen molar-refractivity contribution in [2.45, 2.75) is 33.0 Å². The number of amides is 1. The van der Waals surface area contributed by atoms with Crippen LogP contribution in [0.25, 0.3) is 0 Å². The zero-order valence-electron chi connectivity index (χ0n) is 18.7. The van der Waals surface area contributed by atoms with Crippen LogP contribution < -0.4 is 9.47 Å². The summed E-state index contributed by atoms with van der Waals surface area (Å²) in [6.07, 6.45) is -0.310. The Balaban J connectivity index is 1.54. The molecule has 1 amide bonds. The van der Waals surface area contributed by atoms with E-state index in [2.05, 4.69) is 0 Å². The molecule has 3 rings (SSSR count). The molecule has 0 aromatic heterocycles. The molecule has 1 aromatic rings. The lowest BCUT2D eigenvalue weighted by molar-refractivity contribution is -0.134. The highest BCUT2D eigenvalue weighted by Crippen LogP contribution is 2.28. The van der Waals surface area contributed by atoms with Crippen molar-refractivity contribution in [1.82, 2.24) is 13.5 Å². The Labute approximate surface area is 189 Å². The highest BCUT2D eigenvalue weighted by atomic mass is 32.2. The maximum Gasteiger partial charge on any atom is 0.282 e. The van der Waals surface area contributed by atoms with Crippen molar-refractivity contribution in [3.05, 3.63) is 23.8 Å². The molecule has 0 spiro atoms. The minimum Gasteiger partial charge on any atom is -0.490 e. The lowest BCUT2D eigenvalue weighted by atomic mass is 10.2. The fourth-order valence-corrected chi connectivity index (χ4v) is 5.59. The molecule has 176 valence electrons. The van der Waals surface area contributed by atoms with Crippen molar-refractivity contribution < 1.29 is 27.4 Å². The fraction of sp³-hybridized carbons (Fsp3) is 0.619. The van der Waals surface area contributed by atoms with E-state index in [9.17, 15) is 13.2 Å². The molecule has 0 N–H and O–H groups in total. The van der Waals surface area contributed by atoms with Crippen molar-refractivity contribution >= 4 is 16.1 Å². The molecular weight excluding hydrogens is 436 g/mol. The number of morpholine rings is 1. The molecular formula is C21H30N4O6S. The SMILES string of the molecule is CCOc1cc(C#N)ccc1OCC(=O)N1CCN(S(=O)(=O)N2C[C@H](C)O[C@@H](C)C2)CC1. The van der Waals surface area contributed by atoms with E-state index in [4.69, 9.17) is 19.5 Å². The summed E-state index contributed by atoms with van der Waals surface area (Å²) < 4.78 is 45.7. The third-order valence-corrected chi connectivity index (χ3v) is 7.32. The quantitative estimate of drug-likeness (QED) is 0.585. The molecule has 0 aliphatic carbocycles. The molecule has 10 nitrogen and oxygen atoms in total. The van der Waals surface area contributed by atoms with Crippen molar-refractivity contribution in [1.29, 1.82) is 5.26 Å². The van der Waals surface area contributed by atoms with Crippen LogP contribution in [-0.4, -0.2) is 92.5 Å². The standard InChI is InChI=1S/C21H30N4O6S/c1-4-29-20-11-18(12-22)5-6-19(20)30-15-21(26)23-7-9-24(10-8-23)32(27,28)25-13-16(2)31-17(3)14-25/h5-6,11,16-17H,4,7-10,13-15H2,1-3H3/t16-,17-/m0/s1. The molecule has 0 radical (unpaired) electrons. The lowest BCUT2D eigenvalue weighted by Crippen LogP contribution is -2.58. The monoisotopic (exact) mass is 466 g/mol. The zero-order valence-corrected chi connectivity index (χ0v) is 19.5. The first-order valence-corrected chi connectivity index (χ1v) is 12.1. The first-order chi connectivity index (χ1) is 15.2. The predicted molar refractivity (Wildman–Crippen MR) is 116 cm³/mol. The van der Waals surface area contributed by atoms with E-state index >= 15 is 0 Å². The molecule has 11 heteroatoms. The highest BCUT2D eigenvalue weighted by molar-refractivity contribution is 7.86. The van der Waals surface area contributed by atoms with Crippen LogP contribution in [0.5, 0.6) is 11.5 Å². The van der Waals surface area contributed by atoms with Gasteiger partial charge in [-0.2, -0.15) is 22.3 Å². The van der Waals surface area contributed by atoms with Gasteiger partial charge in [-0.1, -0.05) is 0 Å². The summed E-state index contributed by atoms with van der Waals surface area (Å²) in [5.74, 6) is 0.558. The average molecular weight is 467 g/mol. The lowest BCUT2D eigenvalue weighted by Gasteiger charge is -2.40. The maximum atomic E-state index is 13.0. The van der Waals surface area contributed by atoms with Gasteiger partial charge in [0.25, 0.3) is 16.1 Å². The van der Waals surface area contributed by atoms with Gasteiger partial charge in [0.15, 0.2) is 18.1 Å². The predicted octanol–water partition coefficient (Wildman–Crippen LogP) is 0.834. The number of rotatable bonds is 7. The molecule has 0 saturated carbocycles. The molecule has 2 aliphatic heterocycles. The van der Waals surface area contributed by atoms with Gasteiger partial charge in [0.2, 0.25) is 0 Å². The number of nitrogens with zero attached hydrogens (tertiary/aromatic N) is 4. The van der Waals surface area contributed by atoms with E-state index in [-0.39, 0.29) is 37.8 Å². The Bertz CT molecular complexity index is 946. The van der Waals surface area contributed by atoms with Gasteiger partial charge in [0.1, 0.15) is 0 Å². The summed E-state index contributed by atoms with van der Waals surface area (Å²) in [6, 6.07) is 6.81. The van der Waals surface area contributed by atoms with Crippen molar-refractivity contribution in [2.75, 3.05) is 52.5 Å². The number of hydrogen-bond acceptors (Lipinski definition) is 7. The number of carbonyl (C=O) groups is 1. The van der Waals surface area contributed by atoms with Crippen LogP contribution in [0.1, 0.15) is 26.3 Å². The number of carbonyl (C=O) groups excluding carboxylic acids is 1. The second-order valence-corrected chi connectivity index (χ2v) is 9.79. The summed E-state index contributed by atoms with van der Waals surface area (Å²) in [6.45, 7) is 7.45. The normalized spacial score (nSPS) is 22.9. The van der Waals surface area contributed by atoms with E-state index in [0.717, 1.165) is 0 Å².